The highest BCUT2D eigenvalue weighted by molar-refractivity contribution is 7.90. The molecule has 0 aliphatic heterocycles. The number of sulfone groups is 1. The molecule has 106 valence electrons. The Bertz CT molecular complexity index is 734. The Labute approximate surface area is 114 Å². The van der Waals surface area contributed by atoms with Crippen molar-refractivity contribution < 1.29 is 27.6 Å². The van der Waals surface area contributed by atoms with Crippen molar-refractivity contribution in [2.75, 3.05) is 7.11 Å². The Hall–Kier alpha value is -2.35. The number of carboxylic acid groups (broad SMARTS) is 1. The first-order chi connectivity index (χ1) is 9.44. The number of ether oxygens (including phenoxy) is 1. The molecule has 1 aromatic heterocycles. The van der Waals surface area contributed by atoms with Crippen LogP contribution in [0.1, 0.15) is 16.2 Å². The zero-order chi connectivity index (χ0) is 14.8. The first-order valence-corrected chi connectivity index (χ1v) is 7.14. The van der Waals surface area contributed by atoms with Gasteiger partial charge >= 0.3 is 5.97 Å². The average Bonchev–Trinajstić information content (AvgIpc) is 2.86. The zero-order valence-electron chi connectivity index (χ0n) is 10.4. The SMILES string of the molecule is COc1ccccc1S(=O)(=O)Cc1cc(C(=O)O)no1. The van der Waals surface area contributed by atoms with Crippen molar-refractivity contribution >= 4 is 15.8 Å². The molecule has 0 bridgehead atoms. The topological polar surface area (TPSA) is 107 Å². The van der Waals surface area contributed by atoms with Crippen molar-refractivity contribution in [1.82, 2.24) is 5.16 Å². The number of rotatable bonds is 5. The van der Waals surface area contributed by atoms with Crippen LogP contribution in [0.4, 0.5) is 0 Å². The smallest absolute Gasteiger partial charge is 0.358 e. The number of methoxy groups -OCH3 is 1. The fourth-order valence-electron chi connectivity index (χ4n) is 1.62. The molecular weight excluding hydrogens is 286 g/mol. The summed E-state index contributed by atoms with van der Waals surface area (Å²) in [5, 5.41) is 12.0. The number of hydrogen-bond donors (Lipinski definition) is 1. The van der Waals surface area contributed by atoms with Crippen molar-refractivity contribution in [1.29, 1.82) is 0 Å². The van der Waals surface area contributed by atoms with E-state index in [1.54, 1.807) is 12.1 Å². The maximum Gasteiger partial charge on any atom is 0.358 e. The van der Waals surface area contributed by atoms with Crippen LogP contribution in [0.3, 0.4) is 0 Å². The predicted molar refractivity (Wildman–Crippen MR) is 67.3 cm³/mol. The van der Waals surface area contributed by atoms with E-state index >= 15 is 0 Å². The lowest BCUT2D eigenvalue weighted by atomic mass is 10.3. The molecule has 2 rings (SSSR count). The second-order valence-electron chi connectivity index (χ2n) is 3.89. The molecule has 0 amide bonds. The molecule has 20 heavy (non-hydrogen) atoms. The molecule has 0 aliphatic carbocycles. The van der Waals surface area contributed by atoms with E-state index in [2.05, 4.69) is 5.16 Å². The summed E-state index contributed by atoms with van der Waals surface area (Å²) in [5.41, 5.74) is -0.338. The van der Waals surface area contributed by atoms with E-state index in [4.69, 9.17) is 14.4 Å². The van der Waals surface area contributed by atoms with Gasteiger partial charge in [0.25, 0.3) is 0 Å². The Morgan fingerprint density at radius 3 is 2.70 bits per heavy atom. The first-order valence-electron chi connectivity index (χ1n) is 5.48. The van der Waals surface area contributed by atoms with Gasteiger partial charge in [0.1, 0.15) is 16.4 Å². The molecule has 8 heteroatoms. The Kier molecular flexibility index (Phi) is 3.75. The van der Waals surface area contributed by atoms with Crippen LogP contribution in [0.15, 0.2) is 39.8 Å². The highest BCUT2D eigenvalue weighted by Crippen LogP contribution is 2.26. The minimum Gasteiger partial charge on any atom is -0.495 e. The van der Waals surface area contributed by atoms with Crippen LogP contribution in [-0.4, -0.2) is 31.8 Å². The molecule has 0 saturated heterocycles. The second-order valence-corrected chi connectivity index (χ2v) is 5.85. The third-order valence-electron chi connectivity index (χ3n) is 2.51. The van der Waals surface area contributed by atoms with E-state index in [1.165, 1.54) is 19.2 Å². The lowest BCUT2D eigenvalue weighted by Crippen LogP contribution is -2.06. The number of carbonyl (C=O) groups is 1. The standard InChI is InChI=1S/C12H11NO6S/c1-18-10-4-2-3-5-11(10)20(16,17)7-8-6-9(12(14)15)13-19-8/h2-6H,7H2,1H3,(H,14,15). The molecule has 2 aromatic rings. The fraction of sp³-hybridized carbons (Fsp3) is 0.167. The van der Waals surface area contributed by atoms with E-state index in [-0.39, 0.29) is 22.1 Å². The average molecular weight is 297 g/mol. The lowest BCUT2D eigenvalue weighted by Gasteiger charge is -2.07. The van der Waals surface area contributed by atoms with Gasteiger partial charge in [-0.15, -0.1) is 0 Å². The van der Waals surface area contributed by atoms with Crippen LogP contribution in [0, 0.1) is 0 Å². The number of para-hydroxylation sites is 1. The Morgan fingerprint density at radius 2 is 2.10 bits per heavy atom. The quantitative estimate of drug-likeness (QED) is 0.887. The minimum atomic E-state index is -3.72. The molecule has 0 atom stereocenters. The molecule has 1 aromatic carbocycles. The molecule has 0 fully saturated rings. The van der Waals surface area contributed by atoms with E-state index < -0.39 is 21.6 Å². The minimum absolute atomic E-state index is 0.00998. The van der Waals surface area contributed by atoms with Crippen LogP contribution >= 0.6 is 0 Å². The van der Waals surface area contributed by atoms with Gasteiger partial charge in [0, 0.05) is 6.07 Å². The maximum absolute atomic E-state index is 12.2. The Morgan fingerprint density at radius 1 is 1.40 bits per heavy atom. The molecule has 0 unspecified atom stereocenters. The monoisotopic (exact) mass is 297 g/mol. The maximum atomic E-state index is 12.2. The normalized spacial score (nSPS) is 11.2. The van der Waals surface area contributed by atoms with Crippen LogP contribution in [0.5, 0.6) is 5.75 Å². The summed E-state index contributed by atoms with van der Waals surface area (Å²) < 4.78 is 34.2. The lowest BCUT2D eigenvalue weighted by molar-refractivity contribution is 0.0685. The van der Waals surface area contributed by atoms with Crippen LogP contribution in [-0.2, 0) is 15.6 Å². The number of benzene rings is 1. The third-order valence-corrected chi connectivity index (χ3v) is 4.19. The molecule has 0 saturated carbocycles. The predicted octanol–water partition coefficient (Wildman–Crippen LogP) is 1.36. The van der Waals surface area contributed by atoms with E-state index in [0.29, 0.717) is 0 Å². The second kappa shape index (κ2) is 5.33. The number of nitrogens with zero attached hydrogens (tertiary/aromatic N) is 1. The van der Waals surface area contributed by atoms with Gasteiger partial charge in [-0.1, -0.05) is 17.3 Å². The van der Waals surface area contributed by atoms with Crippen LogP contribution < -0.4 is 4.74 Å². The highest BCUT2D eigenvalue weighted by Gasteiger charge is 2.23. The summed E-state index contributed by atoms with van der Waals surface area (Å²) in [6, 6.07) is 7.22. The largest absolute Gasteiger partial charge is 0.495 e. The summed E-state index contributed by atoms with van der Waals surface area (Å²) in [6.45, 7) is 0. The van der Waals surface area contributed by atoms with Crippen molar-refractivity contribution in [3.63, 3.8) is 0 Å². The van der Waals surface area contributed by atoms with E-state index in [0.717, 1.165) is 6.07 Å². The molecule has 0 radical (unpaired) electrons. The van der Waals surface area contributed by atoms with Gasteiger partial charge in [-0.3, -0.25) is 0 Å². The van der Waals surface area contributed by atoms with Crippen LogP contribution in [0.2, 0.25) is 0 Å². The van der Waals surface area contributed by atoms with E-state index in [1.807, 2.05) is 0 Å². The number of carboxylic acids is 1. The molecule has 7 nitrogen and oxygen atoms in total. The van der Waals surface area contributed by atoms with Gasteiger partial charge in [-0.05, 0) is 12.1 Å². The van der Waals surface area contributed by atoms with Gasteiger partial charge in [-0.2, -0.15) is 0 Å². The Balaban J connectivity index is 2.33. The number of hydrogen-bond acceptors (Lipinski definition) is 6. The van der Waals surface area contributed by atoms with Gasteiger partial charge in [0.15, 0.2) is 21.3 Å². The van der Waals surface area contributed by atoms with Gasteiger partial charge in [0.05, 0.1) is 7.11 Å². The van der Waals surface area contributed by atoms with Crippen molar-refractivity contribution in [3.8, 4) is 5.75 Å². The summed E-state index contributed by atoms with van der Waals surface area (Å²) in [4.78, 5) is 10.7. The van der Waals surface area contributed by atoms with Gasteiger partial charge < -0.3 is 14.4 Å². The molecule has 1 heterocycles. The van der Waals surface area contributed by atoms with Gasteiger partial charge in [0.2, 0.25) is 0 Å². The summed E-state index contributed by atoms with van der Waals surface area (Å²) >= 11 is 0. The molecular formula is C12H11NO6S. The molecule has 0 aliphatic rings. The van der Waals surface area contributed by atoms with E-state index in [9.17, 15) is 13.2 Å². The van der Waals surface area contributed by atoms with Crippen molar-refractivity contribution in [2.45, 2.75) is 10.6 Å². The number of aromatic nitrogens is 1. The molecule has 1 N–H and O–H groups in total. The molecule has 0 spiro atoms. The zero-order valence-corrected chi connectivity index (χ0v) is 11.3. The summed E-state index contributed by atoms with van der Waals surface area (Å²) in [7, 11) is -2.35. The summed E-state index contributed by atoms with van der Waals surface area (Å²) in [5.74, 6) is -1.61. The third kappa shape index (κ3) is 2.80. The van der Waals surface area contributed by atoms with Crippen molar-refractivity contribution in [2.24, 2.45) is 0 Å². The number of aromatic carboxylic acids is 1. The van der Waals surface area contributed by atoms with Gasteiger partial charge in [-0.25, -0.2) is 13.2 Å². The fourth-order valence-corrected chi connectivity index (χ4v) is 3.03. The first kappa shape index (κ1) is 14.1. The van der Waals surface area contributed by atoms with Crippen molar-refractivity contribution in [3.05, 3.63) is 41.8 Å². The summed E-state index contributed by atoms with van der Waals surface area (Å²) in [6.07, 6.45) is 0. The van der Waals surface area contributed by atoms with Crippen LogP contribution in [0.25, 0.3) is 0 Å². The highest BCUT2D eigenvalue weighted by atomic mass is 32.2.